The van der Waals surface area contributed by atoms with E-state index in [1.165, 1.54) is 44.9 Å². The van der Waals surface area contributed by atoms with Gasteiger partial charge in [-0.15, -0.1) is 0 Å². The minimum Gasteiger partial charge on any atom is -0.491 e. The Morgan fingerprint density at radius 1 is 1.06 bits per heavy atom. The van der Waals surface area contributed by atoms with E-state index in [2.05, 4.69) is 18.1 Å². The van der Waals surface area contributed by atoms with E-state index < -0.39 is 0 Å². The van der Waals surface area contributed by atoms with Crippen LogP contribution in [0.15, 0.2) is 18.3 Å². The van der Waals surface area contributed by atoms with Gasteiger partial charge in [0.1, 0.15) is 11.9 Å². The third kappa shape index (κ3) is 7.78. The van der Waals surface area contributed by atoms with Crippen LogP contribution in [0, 0.1) is 6.20 Å². The van der Waals surface area contributed by atoms with Crippen LogP contribution in [0.25, 0.3) is 0 Å². The normalized spacial score (nSPS) is 10.4. The second-order valence-electron chi connectivity index (χ2n) is 4.44. The quantitative estimate of drug-likeness (QED) is 0.560. The molecule has 0 aliphatic rings. The topological polar surface area (TPSA) is 22.1 Å². The molecule has 1 rings (SSSR count). The number of nitrogens with zero attached hydrogens (tertiary/aromatic N) is 1. The minimum absolute atomic E-state index is 0.760. The van der Waals surface area contributed by atoms with Gasteiger partial charge in [0.25, 0.3) is 0 Å². The lowest BCUT2D eigenvalue weighted by atomic mass is 10.1. The molecule has 0 aliphatic heterocycles. The molecule has 0 saturated carbocycles. The van der Waals surface area contributed by atoms with Crippen LogP contribution in [0.4, 0.5) is 0 Å². The molecule has 0 atom stereocenters. The number of hydrogen-bond acceptors (Lipinski definition) is 2. The highest BCUT2D eigenvalue weighted by Gasteiger charge is 1.94. The second-order valence-corrected chi connectivity index (χ2v) is 4.44. The average Bonchev–Trinajstić information content (AvgIpc) is 2.38. The zero-order chi connectivity index (χ0) is 12.2. The van der Waals surface area contributed by atoms with Crippen molar-refractivity contribution in [2.45, 2.75) is 58.3 Å². The van der Waals surface area contributed by atoms with E-state index in [9.17, 15) is 0 Å². The molecule has 1 aromatic rings. The van der Waals surface area contributed by atoms with Crippen LogP contribution < -0.4 is 4.74 Å². The molecule has 0 saturated heterocycles. The van der Waals surface area contributed by atoms with Gasteiger partial charge in [0, 0.05) is 6.20 Å². The summed E-state index contributed by atoms with van der Waals surface area (Å²) in [6.45, 7) is 3.05. The van der Waals surface area contributed by atoms with E-state index in [0.29, 0.717) is 0 Å². The number of unbranched alkanes of at least 4 members (excludes halogenated alkanes) is 7. The number of rotatable bonds is 10. The first-order valence-electron chi connectivity index (χ1n) is 6.89. The van der Waals surface area contributed by atoms with E-state index in [-0.39, 0.29) is 0 Å². The van der Waals surface area contributed by atoms with Crippen molar-refractivity contribution in [1.82, 2.24) is 4.98 Å². The Kier molecular flexibility index (Phi) is 8.35. The molecule has 0 bridgehead atoms. The molecule has 2 heteroatoms. The SMILES string of the molecule is CCCCCCCCCCOc1[c]nccc1. The van der Waals surface area contributed by atoms with Crippen molar-refractivity contribution < 1.29 is 4.74 Å². The Bertz CT molecular complexity index is 261. The number of ether oxygens (including phenoxy) is 1. The molecule has 0 aliphatic carbocycles. The van der Waals surface area contributed by atoms with Gasteiger partial charge in [0.15, 0.2) is 0 Å². The third-order valence-corrected chi connectivity index (χ3v) is 2.84. The molecule has 0 aromatic carbocycles. The summed E-state index contributed by atoms with van der Waals surface area (Å²) >= 11 is 0. The van der Waals surface area contributed by atoms with Gasteiger partial charge in [0.2, 0.25) is 0 Å². The van der Waals surface area contributed by atoms with Crippen molar-refractivity contribution >= 4 is 0 Å². The summed E-state index contributed by atoms with van der Waals surface area (Å²) < 4.78 is 5.53. The van der Waals surface area contributed by atoms with Crippen molar-refractivity contribution in [2.24, 2.45) is 0 Å². The fourth-order valence-electron chi connectivity index (χ4n) is 1.81. The third-order valence-electron chi connectivity index (χ3n) is 2.84. The Morgan fingerprint density at radius 3 is 2.41 bits per heavy atom. The van der Waals surface area contributed by atoms with Gasteiger partial charge in [-0.3, -0.25) is 4.98 Å². The fraction of sp³-hybridized carbons (Fsp3) is 0.667. The van der Waals surface area contributed by atoms with E-state index in [1.807, 2.05) is 12.1 Å². The van der Waals surface area contributed by atoms with Crippen molar-refractivity contribution in [3.05, 3.63) is 24.5 Å². The monoisotopic (exact) mass is 234 g/mol. The van der Waals surface area contributed by atoms with Crippen LogP contribution in [0.5, 0.6) is 5.75 Å². The largest absolute Gasteiger partial charge is 0.491 e. The minimum atomic E-state index is 0.760. The van der Waals surface area contributed by atoms with Gasteiger partial charge < -0.3 is 4.74 Å². The lowest BCUT2D eigenvalue weighted by molar-refractivity contribution is 0.302. The van der Waals surface area contributed by atoms with Gasteiger partial charge in [-0.1, -0.05) is 51.9 Å². The molecular formula is C15H24NO. The number of pyridine rings is 1. The molecule has 1 heterocycles. The van der Waals surface area contributed by atoms with Gasteiger partial charge in [-0.25, -0.2) is 0 Å². The van der Waals surface area contributed by atoms with Gasteiger partial charge in [0.05, 0.1) is 6.61 Å². The lowest BCUT2D eigenvalue weighted by Crippen LogP contribution is -1.97. The maximum Gasteiger partial charge on any atom is 0.147 e. The summed E-state index contributed by atoms with van der Waals surface area (Å²) in [5, 5.41) is 0. The smallest absolute Gasteiger partial charge is 0.147 e. The summed E-state index contributed by atoms with van der Waals surface area (Å²) in [6, 6.07) is 3.78. The highest BCUT2D eigenvalue weighted by Crippen LogP contribution is 2.10. The second kappa shape index (κ2) is 10.1. The zero-order valence-corrected chi connectivity index (χ0v) is 11.0. The standard InChI is InChI=1S/C15H24NO/c1-2-3-4-5-6-7-8-9-13-17-15-11-10-12-16-14-15/h10-12H,2-9,13H2,1H3. The molecule has 0 amide bonds. The maximum absolute atomic E-state index is 5.53. The molecule has 2 nitrogen and oxygen atoms in total. The summed E-state index contributed by atoms with van der Waals surface area (Å²) in [4.78, 5) is 3.89. The summed E-state index contributed by atoms with van der Waals surface area (Å²) in [5.74, 6) is 0.760. The summed E-state index contributed by atoms with van der Waals surface area (Å²) in [7, 11) is 0. The fourth-order valence-corrected chi connectivity index (χ4v) is 1.81. The van der Waals surface area contributed by atoms with Crippen LogP contribution in [0.2, 0.25) is 0 Å². The van der Waals surface area contributed by atoms with Gasteiger partial charge >= 0.3 is 0 Å². The average molecular weight is 234 g/mol. The summed E-state index contributed by atoms with van der Waals surface area (Å²) in [6.07, 6.45) is 15.2. The van der Waals surface area contributed by atoms with Crippen LogP contribution in [0.3, 0.4) is 0 Å². The van der Waals surface area contributed by atoms with Crippen LogP contribution in [0.1, 0.15) is 58.3 Å². The van der Waals surface area contributed by atoms with Crippen molar-refractivity contribution in [3.63, 3.8) is 0 Å². The highest BCUT2D eigenvalue weighted by molar-refractivity contribution is 5.13. The molecule has 0 N–H and O–H groups in total. The maximum atomic E-state index is 5.53. The van der Waals surface area contributed by atoms with Crippen molar-refractivity contribution in [3.8, 4) is 5.75 Å². The highest BCUT2D eigenvalue weighted by atomic mass is 16.5. The van der Waals surface area contributed by atoms with Crippen molar-refractivity contribution in [1.29, 1.82) is 0 Å². The predicted octanol–water partition coefficient (Wildman–Crippen LogP) is 4.40. The van der Waals surface area contributed by atoms with Crippen LogP contribution in [-0.2, 0) is 0 Å². The first-order chi connectivity index (χ1) is 8.43. The Hall–Kier alpha value is -1.05. The molecule has 0 fully saturated rings. The van der Waals surface area contributed by atoms with Gasteiger partial charge in [-0.05, 0) is 18.6 Å². The van der Waals surface area contributed by atoms with Crippen LogP contribution >= 0.6 is 0 Å². The molecule has 0 spiro atoms. The molecule has 95 valence electrons. The molecule has 0 unspecified atom stereocenters. The Labute approximate surface area is 105 Å². The number of aromatic nitrogens is 1. The first-order valence-corrected chi connectivity index (χ1v) is 6.89. The number of hydrogen-bond donors (Lipinski definition) is 0. The molecular weight excluding hydrogens is 210 g/mol. The van der Waals surface area contributed by atoms with Crippen molar-refractivity contribution in [2.75, 3.05) is 6.61 Å². The van der Waals surface area contributed by atoms with E-state index >= 15 is 0 Å². The lowest BCUT2D eigenvalue weighted by Gasteiger charge is -2.04. The Balaban J connectivity index is 1.85. The first kappa shape index (κ1) is 14.0. The van der Waals surface area contributed by atoms with Gasteiger partial charge in [-0.2, -0.15) is 0 Å². The van der Waals surface area contributed by atoms with Crippen LogP contribution in [-0.4, -0.2) is 11.6 Å². The Morgan fingerprint density at radius 2 is 1.76 bits per heavy atom. The molecule has 1 radical (unpaired) electrons. The zero-order valence-electron chi connectivity index (χ0n) is 11.0. The molecule has 17 heavy (non-hydrogen) atoms. The summed E-state index contributed by atoms with van der Waals surface area (Å²) in [5.41, 5.74) is 0. The molecule has 1 aromatic heterocycles. The van der Waals surface area contributed by atoms with E-state index in [1.54, 1.807) is 6.20 Å². The predicted molar refractivity (Wildman–Crippen MR) is 71.2 cm³/mol. The van der Waals surface area contributed by atoms with E-state index in [0.717, 1.165) is 18.8 Å². The van der Waals surface area contributed by atoms with E-state index in [4.69, 9.17) is 4.74 Å².